The first-order valence-electron chi connectivity index (χ1n) is 9.94. The van der Waals surface area contributed by atoms with Crippen LogP contribution in [0.2, 0.25) is 0 Å². The maximum atomic E-state index is 13.1. The molecule has 0 aliphatic carbocycles. The highest BCUT2D eigenvalue weighted by Crippen LogP contribution is 2.32. The Morgan fingerprint density at radius 3 is 2.45 bits per heavy atom. The number of rotatable bonds is 7. The first-order chi connectivity index (χ1) is 14.2. The second-order valence-corrected chi connectivity index (χ2v) is 7.35. The van der Waals surface area contributed by atoms with E-state index in [0.717, 1.165) is 22.6 Å². The van der Waals surface area contributed by atoms with Crippen molar-refractivity contribution in [2.24, 2.45) is 0 Å². The Kier molecular flexibility index (Phi) is 5.80. The quantitative estimate of drug-likeness (QED) is 0.580. The smallest absolute Gasteiger partial charge is 0.231 e. The van der Waals surface area contributed by atoms with Gasteiger partial charge in [0.1, 0.15) is 0 Å². The third kappa shape index (κ3) is 4.77. The first kappa shape index (κ1) is 19.1. The number of hydrogen-bond acceptors (Lipinski definition) is 3. The van der Waals surface area contributed by atoms with Crippen LogP contribution in [-0.4, -0.2) is 17.6 Å². The van der Waals surface area contributed by atoms with E-state index in [4.69, 9.17) is 9.47 Å². The molecule has 1 aliphatic heterocycles. The summed E-state index contributed by atoms with van der Waals surface area (Å²) in [6.07, 6.45) is 1.13. The van der Waals surface area contributed by atoms with Crippen molar-refractivity contribution in [3.05, 3.63) is 95.1 Å². The fourth-order valence-electron chi connectivity index (χ4n) is 3.54. The number of fused-ring (bicyclic) bond motifs is 1. The van der Waals surface area contributed by atoms with Crippen molar-refractivity contribution in [1.29, 1.82) is 0 Å². The van der Waals surface area contributed by atoms with Crippen molar-refractivity contribution < 1.29 is 14.3 Å². The third-order valence-electron chi connectivity index (χ3n) is 5.26. The van der Waals surface area contributed by atoms with E-state index in [9.17, 15) is 4.79 Å². The average Bonchev–Trinajstić information content (AvgIpc) is 3.22. The molecule has 0 aromatic heterocycles. The van der Waals surface area contributed by atoms with Gasteiger partial charge in [0.25, 0.3) is 0 Å². The molecule has 148 valence electrons. The molecule has 0 radical (unpaired) electrons. The largest absolute Gasteiger partial charge is 0.454 e. The minimum atomic E-state index is 0.148. The van der Waals surface area contributed by atoms with Crippen molar-refractivity contribution in [1.82, 2.24) is 4.90 Å². The molecule has 4 heteroatoms. The molecule has 3 aromatic rings. The van der Waals surface area contributed by atoms with Gasteiger partial charge in [-0.1, -0.05) is 60.7 Å². The van der Waals surface area contributed by atoms with Gasteiger partial charge < -0.3 is 14.4 Å². The Morgan fingerprint density at radius 1 is 0.862 bits per heavy atom. The van der Waals surface area contributed by atoms with Crippen molar-refractivity contribution >= 4 is 5.91 Å². The van der Waals surface area contributed by atoms with Crippen molar-refractivity contribution in [3.8, 4) is 11.5 Å². The lowest BCUT2D eigenvalue weighted by Gasteiger charge is -2.24. The standard InChI is InChI=1S/C25H25NO3/c1-19-7-5-6-10-22(19)17-26(16-21-8-3-2-4-9-21)25(27)14-12-20-11-13-23-24(15-20)29-18-28-23/h2-11,13,15H,12,14,16-18H2,1H3. The Bertz CT molecular complexity index is 984. The maximum absolute atomic E-state index is 13.1. The molecule has 0 fully saturated rings. The zero-order valence-electron chi connectivity index (χ0n) is 16.6. The molecule has 4 nitrogen and oxygen atoms in total. The van der Waals surface area contributed by atoms with Crippen LogP contribution in [0.4, 0.5) is 0 Å². The van der Waals surface area contributed by atoms with E-state index in [2.05, 4.69) is 31.2 Å². The highest BCUT2D eigenvalue weighted by molar-refractivity contribution is 5.76. The summed E-state index contributed by atoms with van der Waals surface area (Å²) in [5, 5.41) is 0. The van der Waals surface area contributed by atoms with Gasteiger partial charge in [-0.15, -0.1) is 0 Å². The molecule has 0 saturated heterocycles. The summed E-state index contributed by atoms with van der Waals surface area (Å²) in [6, 6.07) is 24.3. The summed E-state index contributed by atoms with van der Waals surface area (Å²) in [7, 11) is 0. The van der Waals surface area contributed by atoms with E-state index in [1.165, 1.54) is 11.1 Å². The number of carbonyl (C=O) groups excluding carboxylic acids is 1. The predicted molar refractivity (Wildman–Crippen MR) is 113 cm³/mol. The number of benzene rings is 3. The molecule has 29 heavy (non-hydrogen) atoms. The lowest BCUT2D eigenvalue weighted by molar-refractivity contribution is -0.132. The molecule has 1 aliphatic rings. The van der Waals surface area contributed by atoms with Crippen LogP contribution in [0.5, 0.6) is 11.5 Å². The van der Waals surface area contributed by atoms with E-state index in [1.807, 2.05) is 53.4 Å². The lowest BCUT2D eigenvalue weighted by atomic mass is 10.1. The molecular formula is C25H25NO3. The van der Waals surface area contributed by atoms with Crippen LogP contribution in [0.25, 0.3) is 0 Å². The summed E-state index contributed by atoms with van der Waals surface area (Å²) in [5.74, 6) is 1.68. The van der Waals surface area contributed by atoms with Crippen LogP contribution >= 0.6 is 0 Å². The van der Waals surface area contributed by atoms with E-state index in [1.54, 1.807) is 0 Å². The summed E-state index contributed by atoms with van der Waals surface area (Å²) in [5.41, 5.74) is 4.60. The molecule has 0 saturated carbocycles. The van der Waals surface area contributed by atoms with Crippen molar-refractivity contribution in [3.63, 3.8) is 0 Å². The SMILES string of the molecule is Cc1ccccc1CN(Cc1ccccc1)C(=O)CCc1ccc2c(c1)OCO2. The fourth-order valence-corrected chi connectivity index (χ4v) is 3.54. The molecule has 0 bridgehead atoms. The van der Waals surface area contributed by atoms with Gasteiger partial charge in [0.15, 0.2) is 11.5 Å². The fraction of sp³-hybridized carbons (Fsp3) is 0.240. The van der Waals surface area contributed by atoms with Gasteiger partial charge in [-0.25, -0.2) is 0 Å². The number of hydrogen-bond donors (Lipinski definition) is 0. The monoisotopic (exact) mass is 387 g/mol. The number of ether oxygens (including phenoxy) is 2. The minimum absolute atomic E-state index is 0.148. The predicted octanol–water partition coefficient (Wildman–Crippen LogP) is 4.89. The number of nitrogens with zero attached hydrogens (tertiary/aromatic N) is 1. The van der Waals surface area contributed by atoms with E-state index >= 15 is 0 Å². The second-order valence-electron chi connectivity index (χ2n) is 7.35. The summed E-state index contributed by atoms with van der Waals surface area (Å²) < 4.78 is 10.8. The average molecular weight is 387 g/mol. The van der Waals surface area contributed by atoms with Crippen molar-refractivity contribution in [2.45, 2.75) is 32.9 Å². The highest BCUT2D eigenvalue weighted by Gasteiger charge is 2.17. The van der Waals surface area contributed by atoms with Crippen LogP contribution in [0.1, 0.15) is 28.7 Å². The number of carbonyl (C=O) groups is 1. The minimum Gasteiger partial charge on any atom is -0.454 e. The zero-order valence-corrected chi connectivity index (χ0v) is 16.6. The van der Waals surface area contributed by atoms with Crippen LogP contribution in [-0.2, 0) is 24.3 Å². The van der Waals surface area contributed by atoms with Gasteiger partial charge >= 0.3 is 0 Å². The first-order valence-corrected chi connectivity index (χ1v) is 9.94. The van der Waals surface area contributed by atoms with Gasteiger partial charge in [0.05, 0.1) is 0 Å². The third-order valence-corrected chi connectivity index (χ3v) is 5.26. The molecule has 1 amide bonds. The van der Waals surface area contributed by atoms with Gasteiger partial charge in [-0.3, -0.25) is 4.79 Å². The molecule has 1 heterocycles. The molecule has 3 aromatic carbocycles. The number of amides is 1. The van der Waals surface area contributed by atoms with Crippen LogP contribution in [0.3, 0.4) is 0 Å². The van der Waals surface area contributed by atoms with Crippen LogP contribution in [0, 0.1) is 6.92 Å². The van der Waals surface area contributed by atoms with Crippen LogP contribution < -0.4 is 9.47 Å². The van der Waals surface area contributed by atoms with E-state index in [0.29, 0.717) is 25.9 Å². The van der Waals surface area contributed by atoms with E-state index in [-0.39, 0.29) is 12.7 Å². The Balaban J connectivity index is 1.47. The summed E-state index contributed by atoms with van der Waals surface area (Å²) in [4.78, 5) is 15.1. The zero-order chi connectivity index (χ0) is 20.1. The van der Waals surface area contributed by atoms with Gasteiger partial charge in [-0.2, -0.15) is 0 Å². The van der Waals surface area contributed by atoms with Crippen LogP contribution in [0.15, 0.2) is 72.8 Å². The highest BCUT2D eigenvalue weighted by atomic mass is 16.7. The summed E-state index contributed by atoms with van der Waals surface area (Å²) in [6.45, 7) is 3.57. The Labute approximate surface area is 171 Å². The van der Waals surface area contributed by atoms with Gasteiger partial charge in [0, 0.05) is 19.5 Å². The molecule has 0 unspecified atom stereocenters. The second kappa shape index (κ2) is 8.82. The van der Waals surface area contributed by atoms with Gasteiger partial charge in [-0.05, 0) is 47.7 Å². The molecular weight excluding hydrogens is 362 g/mol. The molecule has 0 atom stereocenters. The molecule has 0 N–H and O–H groups in total. The van der Waals surface area contributed by atoms with Crippen molar-refractivity contribution in [2.75, 3.05) is 6.79 Å². The maximum Gasteiger partial charge on any atom is 0.231 e. The summed E-state index contributed by atoms with van der Waals surface area (Å²) >= 11 is 0. The topological polar surface area (TPSA) is 38.8 Å². The number of aryl methyl sites for hydroxylation is 2. The Hall–Kier alpha value is -3.27. The molecule has 4 rings (SSSR count). The normalized spacial score (nSPS) is 12.0. The van der Waals surface area contributed by atoms with Gasteiger partial charge in [0.2, 0.25) is 12.7 Å². The Morgan fingerprint density at radius 2 is 1.62 bits per heavy atom. The lowest BCUT2D eigenvalue weighted by Crippen LogP contribution is -2.30. The molecule has 0 spiro atoms. The van der Waals surface area contributed by atoms with E-state index < -0.39 is 0 Å².